The Labute approximate surface area is 171 Å². The van der Waals surface area contributed by atoms with Crippen LogP contribution in [0.3, 0.4) is 0 Å². The predicted molar refractivity (Wildman–Crippen MR) is 114 cm³/mol. The van der Waals surface area contributed by atoms with Crippen LogP contribution < -0.4 is 0 Å². The lowest BCUT2D eigenvalue weighted by Gasteiger charge is -2.12. The number of rotatable bonds is 8. The Morgan fingerprint density at radius 2 is 1.96 bits per heavy atom. The first kappa shape index (κ1) is 20.2. The van der Waals surface area contributed by atoms with Gasteiger partial charge in [-0.15, -0.1) is 0 Å². The number of nitriles is 1. The fourth-order valence-electron chi connectivity index (χ4n) is 2.64. The number of hydrogen-bond donors (Lipinski definition) is 0. The fourth-order valence-corrected chi connectivity index (χ4v) is 5.16. The number of hydrogen-bond acceptors (Lipinski definition) is 6. The van der Waals surface area contributed by atoms with E-state index in [2.05, 4.69) is 23.0 Å². The lowest BCUT2D eigenvalue weighted by Crippen LogP contribution is -2.02. The van der Waals surface area contributed by atoms with Crippen LogP contribution in [0.4, 0.5) is 0 Å². The van der Waals surface area contributed by atoms with Crippen LogP contribution in [0, 0.1) is 11.3 Å². The molecule has 0 saturated carbocycles. The lowest BCUT2D eigenvalue weighted by atomic mass is 10.0. The van der Waals surface area contributed by atoms with Crippen molar-refractivity contribution < 1.29 is 4.21 Å². The number of aromatic nitrogens is 3. The molecule has 0 radical (unpaired) electrons. The van der Waals surface area contributed by atoms with Crippen LogP contribution in [0.2, 0.25) is 0 Å². The molecule has 3 aromatic rings. The molecule has 7 heteroatoms. The van der Waals surface area contributed by atoms with Crippen molar-refractivity contribution in [2.24, 2.45) is 0 Å². The molecule has 0 aliphatic rings. The molecule has 0 saturated heterocycles. The van der Waals surface area contributed by atoms with E-state index in [9.17, 15) is 9.47 Å². The van der Waals surface area contributed by atoms with Gasteiger partial charge in [-0.3, -0.25) is 14.2 Å². The van der Waals surface area contributed by atoms with Gasteiger partial charge in [-0.1, -0.05) is 25.1 Å². The molecule has 0 fully saturated rings. The Kier molecular flexibility index (Phi) is 7.29. The van der Waals surface area contributed by atoms with Crippen molar-refractivity contribution in [3.05, 3.63) is 60.7 Å². The van der Waals surface area contributed by atoms with E-state index >= 15 is 0 Å². The summed E-state index contributed by atoms with van der Waals surface area (Å²) in [7, 11) is -0.942. The molecule has 0 aliphatic carbocycles. The standard InChI is InChI=1S/C21H20N4OS2/c1-2-3-11-28(26)15-27-21-19(13-22)18(16-6-9-23-10-7-16)12-20(25-21)17-5-4-8-24-14-17/h4-10,12,14H,2-3,11,15H2,1H3. The topological polar surface area (TPSA) is 79.5 Å². The van der Waals surface area contributed by atoms with Crippen LogP contribution in [0.1, 0.15) is 25.3 Å². The Bertz CT molecular complexity index is 989. The summed E-state index contributed by atoms with van der Waals surface area (Å²) in [5.74, 6) is 0.672. The molecule has 0 N–H and O–H groups in total. The molecule has 0 aliphatic heterocycles. The van der Waals surface area contributed by atoms with Crippen LogP contribution in [-0.2, 0) is 10.8 Å². The molecule has 3 aromatic heterocycles. The summed E-state index contributed by atoms with van der Waals surface area (Å²) < 4.78 is 12.2. The Morgan fingerprint density at radius 1 is 1.14 bits per heavy atom. The quantitative estimate of drug-likeness (QED) is 0.504. The van der Waals surface area contributed by atoms with E-state index in [4.69, 9.17) is 4.98 Å². The van der Waals surface area contributed by atoms with Gasteiger partial charge >= 0.3 is 0 Å². The van der Waals surface area contributed by atoms with Gasteiger partial charge in [-0.25, -0.2) is 4.98 Å². The fraction of sp³-hybridized carbons (Fsp3) is 0.238. The average Bonchev–Trinajstić information content (AvgIpc) is 2.76. The van der Waals surface area contributed by atoms with Crippen LogP contribution in [0.15, 0.2) is 60.1 Å². The number of unbranched alkanes of at least 4 members (excludes halogenated alkanes) is 1. The normalized spacial score (nSPS) is 11.7. The SMILES string of the molecule is CCCCS(=O)CSc1nc(-c2cccnc2)cc(-c2ccncc2)c1C#N. The zero-order valence-corrected chi connectivity index (χ0v) is 17.2. The van der Waals surface area contributed by atoms with Gasteiger partial charge in [-0.2, -0.15) is 5.26 Å². The summed E-state index contributed by atoms with van der Waals surface area (Å²) in [5.41, 5.74) is 3.79. The Hall–Kier alpha value is -2.56. The molecular formula is C21H20N4OS2. The summed E-state index contributed by atoms with van der Waals surface area (Å²) >= 11 is 1.38. The van der Waals surface area contributed by atoms with Gasteiger partial charge in [0, 0.05) is 52.5 Å². The first-order valence-corrected chi connectivity index (χ1v) is 11.4. The third-order valence-electron chi connectivity index (χ3n) is 4.10. The van der Waals surface area contributed by atoms with Crippen molar-refractivity contribution in [3.8, 4) is 28.5 Å². The minimum absolute atomic E-state index is 0.425. The Balaban J connectivity index is 2.04. The molecule has 0 spiro atoms. The monoisotopic (exact) mass is 408 g/mol. The first-order chi connectivity index (χ1) is 13.7. The summed E-state index contributed by atoms with van der Waals surface area (Å²) in [6.45, 7) is 2.08. The van der Waals surface area contributed by atoms with Crippen molar-refractivity contribution >= 4 is 22.6 Å². The third-order valence-corrected chi connectivity index (χ3v) is 6.94. The largest absolute Gasteiger partial charge is 0.265 e. The van der Waals surface area contributed by atoms with Crippen LogP contribution in [0.25, 0.3) is 22.4 Å². The van der Waals surface area contributed by atoms with E-state index in [0.717, 1.165) is 35.2 Å². The third kappa shape index (κ3) is 5.03. The maximum Gasteiger partial charge on any atom is 0.116 e. The first-order valence-electron chi connectivity index (χ1n) is 8.96. The van der Waals surface area contributed by atoms with Gasteiger partial charge in [0.25, 0.3) is 0 Å². The number of nitrogens with zero attached hydrogens (tertiary/aromatic N) is 4. The van der Waals surface area contributed by atoms with E-state index in [1.54, 1.807) is 24.8 Å². The van der Waals surface area contributed by atoms with Crippen molar-refractivity contribution in [2.75, 3.05) is 10.8 Å². The zero-order chi connectivity index (χ0) is 19.8. The maximum atomic E-state index is 12.2. The highest BCUT2D eigenvalue weighted by Gasteiger charge is 2.16. The summed E-state index contributed by atoms with van der Waals surface area (Å²) in [6, 6.07) is 11.7. The molecule has 5 nitrogen and oxygen atoms in total. The molecule has 1 unspecified atom stereocenters. The summed E-state index contributed by atoms with van der Waals surface area (Å²) in [6.07, 6.45) is 8.81. The molecule has 1 atom stereocenters. The van der Waals surface area contributed by atoms with E-state index in [-0.39, 0.29) is 0 Å². The van der Waals surface area contributed by atoms with E-state index in [1.807, 2.05) is 30.3 Å². The summed E-state index contributed by atoms with van der Waals surface area (Å²) in [5, 5.41) is 10.8. The molecule has 0 amide bonds. The molecule has 3 rings (SSSR count). The minimum atomic E-state index is -0.942. The molecule has 142 valence electrons. The summed E-state index contributed by atoms with van der Waals surface area (Å²) in [4.78, 5) is 12.9. The highest BCUT2D eigenvalue weighted by atomic mass is 32.2. The van der Waals surface area contributed by atoms with Crippen molar-refractivity contribution in [1.82, 2.24) is 15.0 Å². The van der Waals surface area contributed by atoms with Gasteiger partial charge < -0.3 is 0 Å². The highest BCUT2D eigenvalue weighted by molar-refractivity contribution is 8.10. The predicted octanol–water partition coefficient (Wildman–Crippen LogP) is 4.68. The molecule has 0 aromatic carbocycles. The second-order valence-electron chi connectivity index (χ2n) is 6.08. The van der Waals surface area contributed by atoms with Crippen LogP contribution >= 0.6 is 11.8 Å². The maximum absolute atomic E-state index is 12.2. The van der Waals surface area contributed by atoms with Gasteiger partial charge in [0.15, 0.2) is 0 Å². The second-order valence-corrected chi connectivity index (χ2v) is 8.99. The van der Waals surface area contributed by atoms with Gasteiger partial charge in [0.1, 0.15) is 11.1 Å². The van der Waals surface area contributed by atoms with Gasteiger partial charge in [-0.05, 0) is 42.3 Å². The number of thioether (sulfide) groups is 1. The second kappa shape index (κ2) is 10.1. The van der Waals surface area contributed by atoms with Gasteiger partial charge in [0.2, 0.25) is 0 Å². The van der Waals surface area contributed by atoms with Crippen molar-refractivity contribution in [3.63, 3.8) is 0 Å². The smallest absolute Gasteiger partial charge is 0.116 e. The molecular weight excluding hydrogens is 388 g/mol. The molecule has 0 bridgehead atoms. The van der Waals surface area contributed by atoms with E-state index in [1.165, 1.54) is 11.8 Å². The van der Waals surface area contributed by atoms with Crippen molar-refractivity contribution in [2.45, 2.75) is 24.8 Å². The van der Waals surface area contributed by atoms with E-state index in [0.29, 0.717) is 21.4 Å². The minimum Gasteiger partial charge on any atom is -0.265 e. The lowest BCUT2D eigenvalue weighted by molar-refractivity contribution is 0.682. The average molecular weight is 409 g/mol. The Morgan fingerprint density at radius 3 is 2.64 bits per heavy atom. The van der Waals surface area contributed by atoms with Gasteiger partial charge in [0.05, 0.1) is 16.3 Å². The highest BCUT2D eigenvalue weighted by Crippen LogP contribution is 2.34. The van der Waals surface area contributed by atoms with E-state index < -0.39 is 10.8 Å². The van der Waals surface area contributed by atoms with Crippen LogP contribution in [-0.4, -0.2) is 30.0 Å². The molecule has 3 heterocycles. The van der Waals surface area contributed by atoms with Crippen molar-refractivity contribution in [1.29, 1.82) is 5.26 Å². The molecule has 28 heavy (non-hydrogen) atoms. The van der Waals surface area contributed by atoms with Crippen LogP contribution in [0.5, 0.6) is 0 Å². The zero-order valence-electron chi connectivity index (χ0n) is 15.5. The number of pyridine rings is 3.